The van der Waals surface area contributed by atoms with Crippen LogP contribution in [0.15, 0.2) is 48.0 Å². The molecule has 0 aliphatic rings. The zero-order valence-corrected chi connectivity index (χ0v) is 21.2. The lowest BCUT2D eigenvalue weighted by Gasteiger charge is -2.12. The van der Waals surface area contributed by atoms with Crippen LogP contribution in [0.2, 0.25) is 0 Å². The molecule has 8 nitrogen and oxygen atoms in total. The minimum absolute atomic E-state index is 0. The van der Waals surface area contributed by atoms with Crippen LogP contribution in [0.5, 0.6) is 11.5 Å². The Kier molecular flexibility index (Phi) is 12.5. The molecule has 1 amide bonds. The number of carbonyl (C=O) groups excluding carboxylic acids is 1. The van der Waals surface area contributed by atoms with Crippen molar-refractivity contribution in [2.24, 2.45) is 0 Å². The van der Waals surface area contributed by atoms with Crippen molar-refractivity contribution in [3.63, 3.8) is 0 Å². The van der Waals surface area contributed by atoms with Crippen molar-refractivity contribution in [2.45, 2.75) is 13.5 Å². The molecule has 0 fully saturated rings. The first kappa shape index (κ1) is 28.4. The van der Waals surface area contributed by atoms with E-state index >= 15 is 0 Å². The second kappa shape index (κ2) is 14.5. The number of aryl methyl sites for hydroxylation is 1. The summed E-state index contributed by atoms with van der Waals surface area (Å²) in [6.07, 6.45) is 1.70. The SMILES string of the molecule is Cc1csc(Nc2ncccc2OCc2cccc(OCC(=O)NCCN(C)C)c2)n1.Cl.Cl. The quantitative estimate of drug-likeness (QED) is 0.399. The van der Waals surface area contributed by atoms with E-state index < -0.39 is 0 Å². The standard InChI is InChI=1S/C22H27N5O3S.2ClH/c1-16-15-31-22(25-16)26-21-19(8-5-9-24-21)30-13-17-6-4-7-18(12-17)29-14-20(28)23-10-11-27(2)3;;/h4-9,12,15H,10-11,13-14H2,1-3H3,(H,23,28)(H,24,25,26);2*1H. The summed E-state index contributed by atoms with van der Waals surface area (Å²) in [6.45, 7) is 3.63. The van der Waals surface area contributed by atoms with Gasteiger partial charge in [0.25, 0.3) is 5.91 Å². The van der Waals surface area contributed by atoms with Gasteiger partial charge in [0.15, 0.2) is 23.3 Å². The number of rotatable bonds is 11. The smallest absolute Gasteiger partial charge is 0.257 e. The van der Waals surface area contributed by atoms with Crippen LogP contribution in [-0.4, -0.2) is 54.6 Å². The first-order valence-corrected chi connectivity index (χ1v) is 10.8. The van der Waals surface area contributed by atoms with Gasteiger partial charge in [0.2, 0.25) is 0 Å². The van der Waals surface area contributed by atoms with Crippen molar-refractivity contribution in [1.29, 1.82) is 0 Å². The average Bonchev–Trinajstić information content (AvgIpc) is 3.16. The van der Waals surface area contributed by atoms with E-state index in [0.29, 0.717) is 30.5 Å². The third-order valence-electron chi connectivity index (χ3n) is 4.16. The number of likely N-dealkylation sites (N-methyl/N-ethyl adjacent to an activating group) is 1. The molecule has 0 saturated heterocycles. The number of hydrogen-bond donors (Lipinski definition) is 2. The highest BCUT2D eigenvalue weighted by atomic mass is 35.5. The molecule has 33 heavy (non-hydrogen) atoms. The number of thiazole rings is 1. The number of benzene rings is 1. The molecule has 0 spiro atoms. The van der Waals surface area contributed by atoms with Crippen molar-refractivity contribution in [3.8, 4) is 11.5 Å². The largest absolute Gasteiger partial charge is 0.485 e. The molecular formula is C22H29Cl2N5O3S. The lowest BCUT2D eigenvalue weighted by atomic mass is 10.2. The fraction of sp³-hybridized carbons (Fsp3) is 0.318. The lowest BCUT2D eigenvalue weighted by Crippen LogP contribution is -2.34. The topological polar surface area (TPSA) is 88.6 Å². The number of anilines is 2. The lowest BCUT2D eigenvalue weighted by molar-refractivity contribution is -0.123. The zero-order valence-electron chi connectivity index (χ0n) is 18.7. The summed E-state index contributed by atoms with van der Waals surface area (Å²) in [6, 6.07) is 11.2. The molecule has 2 N–H and O–H groups in total. The van der Waals surface area contributed by atoms with Gasteiger partial charge in [-0.3, -0.25) is 4.79 Å². The summed E-state index contributed by atoms with van der Waals surface area (Å²) < 4.78 is 11.6. The van der Waals surface area contributed by atoms with Gasteiger partial charge in [-0.15, -0.1) is 36.2 Å². The number of nitrogens with zero attached hydrogens (tertiary/aromatic N) is 3. The third-order valence-corrected chi connectivity index (χ3v) is 5.03. The van der Waals surface area contributed by atoms with E-state index in [2.05, 4.69) is 20.6 Å². The monoisotopic (exact) mass is 513 g/mol. The van der Waals surface area contributed by atoms with Crippen LogP contribution in [0.4, 0.5) is 10.9 Å². The molecule has 0 aliphatic carbocycles. The van der Waals surface area contributed by atoms with E-state index in [9.17, 15) is 4.79 Å². The van der Waals surface area contributed by atoms with Gasteiger partial charge in [-0.25, -0.2) is 9.97 Å². The molecule has 0 bridgehead atoms. The molecule has 0 aliphatic heterocycles. The van der Waals surface area contributed by atoms with E-state index in [1.165, 1.54) is 11.3 Å². The van der Waals surface area contributed by atoms with Gasteiger partial charge in [-0.05, 0) is 50.8 Å². The van der Waals surface area contributed by atoms with Gasteiger partial charge in [-0.1, -0.05) is 12.1 Å². The van der Waals surface area contributed by atoms with Crippen LogP contribution >= 0.6 is 36.2 Å². The van der Waals surface area contributed by atoms with Crippen molar-refractivity contribution >= 4 is 53.0 Å². The molecule has 0 unspecified atom stereocenters. The highest BCUT2D eigenvalue weighted by Crippen LogP contribution is 2.27. The van der Waals surface area contributed by atoms with E-state index in [0.717, 1.165) is 22.9 Å². The van der Waals surface area contributed by atoms with Crippen molar-refractivity contribution < 1.29 is 14.3 Å². The van der Waals surface area contributed by atoms with Crippen LogP contribution < -0.4 is 20.1 Å². The van der Waals surface area contributed by atoms with Crippen LogP contribution in [0.3, 0.4) is 0 Å². The number of nitrogens with one attached hydrogen (secondary N) is 2. The Morgan fingerprint density at radius 2 is 1.97 bits per heavy atom. The summed E-state index contributed by atoms with van der Waals surface area (Å²) >= 11 is 1.51. The predicted octanol–water partition coefficient (Wildman–Crippen LogP) is 4.07. The maximum Gasteiger partial charge on any atom is 0.257 e. The average molecular weight is 514 g/mol. The Labute approximate surface area is 210 Å². The maximum absolute atomic E-state index is 11.9. The highest BCUT2D eigenvalue weighted by molar-refractivity contribution is 7.13. The fourth-order valence-corrected chi connectivity index (χ4v) is 3.31. The summed E-state index contributed by atoms with van der Waals surface area (Å²) in [5.74, 6) is 1.71. The molecule has 0 radical (unpaired) electrons. The Morgan fingerprint density at radius 3 is 2.70 bits per heavy atom. The molecular weight excluding hydrogens is 485 g/mol. The number of carbonyl (C=O) groups is 1. The van der Waals surface area contributed by atoms with Crippen LogP contribution in [-0.2, 0) is 11.4 Å². The Bertz CT molecular complexity index is 1000. The van der Waals surface area contributed by atoms with Gasteiger partial charge in [0.05, 0.1) is 5.69 Å². The number of pyridine rings is 1. The van der Waals surface area contributed by atoms with Gasteiger partial charge < -0.3 is 25.0 Å². The second-order valence-electron chi connectivity index (χ2n) is 7.15. The Balaban J connectivity index is 0.00000272. The summed E-state index contributed by atoms with van der Waals surface area (Å²) in [7, 11) is 3.92. The van der Waals surface area contributed by atoms with Gasteiger partial charge in [0, 0.05) is 24.7 Å². The number of ether oxygens (including phenoxy) is 2. The third kappa shape index (κ3) is 9.83. The molecule has 2 aromatic heterocycles. The Hall–Kier alpha value is -2.59. The minimum Gasteiger partial charge on any atom is -0.485 e. The number of hydrogen-bond acceptors (Lipinski definition) is 8. The molecule has 0 saturated carbocycles. The normalized spacial score (nSPS) is 10.1. The second-order valence-corrected chi connectivity index (χ2v) is 8.01. The molecule has 3 aromatic rings. The van der Waals surface area contributed by atoms with Crippen LogP contribution in [0.1, 0.15) is 11.3 Å². The van der Waals surface area contributed by atoms with Crippen molar-refractivity contribution in [1.82, 2.24) is 20.2 Å². The number of aromatic nitrogens is 2. The first-order valence-electron chi connectivity index (χ1n) is 9.90. The van der Waals surface area contributed by atoms with Crippen LogP contribution in [0, 0.1) is 6.92 Å². The molecule has 1 aromatic carbocycles. The van der Waals surface area contributed by atoms with Crippen molar-refractivity contribution in [2.75, 3.05) is 39.1 Å². The van der Waals surface area contributed by atoms with Crippen molar-refractivity contribution in [3.05, 3.63) is 59.2 Å². The van der Waals surface area contributed by atoms with E-state index in [4.69, 9.17) is 9.47 Å². The van der Waals surface area contributed by atoms with E-state index in [1.807, 2.05) is 67.7 Å². The van der Waals surface area contributed by atoms with Gasteiger partial charge >= 0.3 is 0 Å². The van der Waals surface area contributed by atoms with Crippen LogP contribution in [0.25, 0.3) is 0 Å². The molecule has 0 atom stereocenters. The fourth-order valence-electron chi connectivity index (χ4n) is 2.62. The highest BCUT2D eigenvalue weighted by Gasteiger charge is 2.09. The molecule has 180 valence electrons. The number of halogens is 2. The summed E-state index contributed by atoms with van der Waals surface area (Å²) in [4.78, 5) is 22.6. The maximum atomic E-state index is 11.9. The zero-order chi connectivity index (χ0) is 22.1. The minimum atomic E-state index is -0.146. The van der Waals surface area contributed by atoms with Gasteiger partial charge in [0.1, 0.15) is 12.4 Å². The summed E-state index contributed by atoms with van der Waals surface area (Å²) in [5.41, 5.74) is 1.87. The molecule has 3 rings (SSSR count). The summed E-state index contributed by atoms with van der Waals surface area (Å²) in [5, 5.41) is 8.76. The number of amides is 1. The first-order chi connectivity index (χ1) is 15.0. The Morgan fingerprint density at radius 1 is 1.15 bits per heavy atom. The van der Waals surface area contributed by atoms with Gasteiger partial charge in [-0.2, -0.15) is 0 Å². The predicted molar refractivity (Wildman–Crippen MR) is 137 cm³/mol. The molecule has 2 heterocycles. The van der Waals surface area contributed by atoms with E-state index in [1.54, 1.807) is 6.20 Å². The van der Waals surface area contributed by atoms with E-state index in [-0.39, 0.29) is 37.3 Å². The molecule has 11 heteroatoms.